The number of aromatic amines is 1. The van der Waals surface area contributed by atoms with Gasteiger partial charge in [0, 0.05) is 22.0 Å². The summed E-state index contributed by atoms with van der Waals surface area (Å²) in [7, 11) is 0. The van der Waals surface area contributed by atoms with E-state index in [2.05, 4.69) is 15.2 Å². The molecule has 4 heteroatoms. The molecule has 3 nitrogen and oxygen atoms in total. The van der Waals surface area contributed by atoms with Gasteiger partial charge in [0.25, 0.3) is 0 Å². The molecule has 1 N–H and O–H groups in total. The third-order valence-electron chi connectivity index (χ3n) is 4.12. The second kappa shape index (κ2) is 5.57. The molecule has 2 aromatic carbocycles. The van der Waals surface area contributed by atoms with E-state index in [9.17, 15) is 0 Å². The third-order valence-corrected chi connectivity index (χ3v) is 4.12. The highest BCUT2D eigenvalue weighted by Crippen LogP contribution is 2.33. The molecule has 0 unspecified atom stereocenters. The number of pyridine rings is 1. The van der Waals surface area contributed by atoms with Crippen LogP contribution in [0.15, 0.2) is 54.6 Å². The lowest BCUT2D eigenvalue weighted by Gasteiger charge is -2.10. The summed E-state index contributed by atoms with van der Waals surface area (Å²) < 4.78 is 15.1. The molecule has 0 bridgehead atoms. The minimum atomic E-state index is -0.300. The van der Waals surface area contributed by atoms with Gasteiger partial charge in [-0.15, -0.1) is 0 Å². The summed E-state index contributed by atoms with van der Waals surface area (Å²) >= 11 is 0. The van der Waals surface area contributed by atoms with Crippen molar-refractivity contribution in [3.63, 3.8) is 0 Å². The van der Waals surface area contributed by atoms with Crippen LogP contribution in [-0.4, -0.2) is 15.2 Å². The number of nitrogens with zero attached hydrogens (tertiary/aromatic N) is 2. The van der Waals surface area contributed by atoms with Gasteiger partial charge in [-0.1, -0.05) is 54.1 Å². The molecule has 24 heavy (non-hydrogen) atoms. The summed E-state index contributed by atoms with van der Waals surface area (Å²) in [5.74, 6) is -0.300. The molecule has 0 amide bonds. The van der Waals surface area contributed by atoms with E-state index in [0.29, 0.717) is 16.8 Å². The molecule has 0 fully saturated rings. The number of halogens is 1. The Morgan fingerprint density at radius 1 is 0.875 bits per heavy atom. The first kappa shape index (κ1) is 14.6. The van der Waals surface area contributed by atoms with Crippen LogP contribution in [0, 0.1) is 19.7 Å². The number of aryl methyl sites for hydroxylation is 2. The molecular formula is C20H16FN3. The van der Waals surface area contributed by atoms with Crippen molar-refractivity contribution in [1.82, 2.24) is 15.2 Å². The van der Waals surface area contributed by atoms with Crippen molar-refractivity contribution in [1.29, 1.82) is 0 Å². The zero-order valence-electron chi connectivity index (χ0n) is 13.5. The highest BCUT2D eigenvalue weighted by atomic mass is 19.1. The highest BCUT2D eigenvalue weighted by Gasteiger charge is 2.17. The number of H-pyrrole nitrogens is 1. The van der Waals surface area contributed by atoms with Gasteiger partial charge in [0.05, 0.1) is 5.69 Å². The van der Waals surface area contributed by atoms with E-state index < -0.39 is 0 Å². The second-order valence-corrected chi connectivity index (χ2v) is 5.97. The minimum Gasteiger partial charge on any atom is -0.282 e. The van der Waals surface area contributed by atoms with Crippen molar-refractivity contribution in [3.05, 3.63) is 71.7 Å². The molecule has 0 atom stereocenters. The Balaban J connectivity index is 2.04. The Morgan fingerprint density at radius 2 is 1.58 bits per heavy atom. The number of fused-ring (bicyclic) bond motifs is 1. The Bertz CT molecular complexity index is 1030. The van der Waals surface area contributed by atoms with Crippen molar-refractivity contribution < 1.29 is 4.39 Å². The van der Waals surface area contributed by atoms with Gasteiger partial charge in [-0.25, -0.2) is 9.37 Å². The zero-order chi connectivity index (χ0) is 16.7. The number of benzene rings is 2. The van der Waals surface area contributed by atoms with Crippen LogP contribution in [0.2, 0.25) is 0 Å². The van der Waals surface area contributed by atoms with Crippen LogP contribution < -0.4 is 0 Å². The molecule has 0 aliphatic heterocycles. The quantitative estimate of drug-likeness (QED) is 0.562. The normalized spacial score (nSPS) is 11.1. The predicted octanol–water partition coefficient (Wildman–Crippen LogP) is 5.05. The average molecular weight is 317 g/mol. The van der Waals surface area contributed by atoms with Gasteiger partial charge in [0.2, 0.25) is 0 Å². The summed E-state index contributed by atoms with van der Waals surface area (Å²) in [4.78, 5) is 4.63. The fourth-order valence-corrected chi connectivity index (χ4v) is 2.87. The molecule has 0 saturated heterocycles. The van der Waals surface area contributed by atoms with E-state index in [4.69, 9.17) is 0 Å². The average Bonchev–Trinajstić information content (AvgIpc) is 3.03. The molecule has 0 aliphatic carbocycles. The molecule has 0 saturated carbocycles. The van der Waals surface area contributed by atoms with E-state index in [-0.39, 0.29) is 5.82 Å². The van der Waals surface area contributed by atoms with Crippen molar-refractivity contribution >= 4 is 10.8 Å². The summed E-state index contributed by atoms with van der Waals surface area (Å²) in [5, 5.41) is 8.55. The van der Waals surface area contributed by atoms with Crippen molar-refractivity contribution in [2.45, 2.75) is 13.8 Å². The first-order valence-corrected chi connectivity index (χ1v) is 7.81. The molecule has 2 aromatic heterocycles. The first-order chi connectivity index (χ1) is 11.6. The Labute approximate surface area is 139 Å². The number of hydrogen-bond donors (Lipinski definition) is 1. The zero-order valence-corrected chi connectivity index (χ0v) is 13.5. The summed E-state index contributed by atoms with van der Waals surface area (Å²) in [6.45, 7) is 3.94. The van der Waals surface area contributed by atoms with Crippen LogP contribution in [0.25, 0.3) is 33.4 Å². The van der Waals surface area contributed by atoms with Crippen LogP contribution in [0.3, 0.4) is 0 Å². The first-order valence-electron chi connectivity index (χ1n) is 7.81. The van der Waals surface area contributed by atoms with Crippen molar-refractivity contribution in [2.24, 2.45) is 0 Å². The number of nitrogens with one attached hydrogen (secondary N) is 1. The van der Waals surface area contributed by atoms with Gasteiger partial charge in [-0.2, -0.15) is 5.10 Å². The van der Waals surface area contributed by atoms with Gasteiger partial charge < -0.3 is 0 Å². The fraction of sp³-hybridized carbons (Fsp3) is 0.100. The number of hydrogen-bond acceptors (Lipinski definition) is 2. The second-order valence-electron chi connectivity index (χ2n) is 5.97. The van der Waals surface area contributed by atoms with Crippen LogP contribution >= 0.6 is 0 Å². The maximum atomic E-state index is 15.1. The Kier molecular flexibility index (Phi) is 3.38. The number of aromatic nitrogens is 3. The molecule has 118 valence electrons. The summed E-state index contributed by atoms with van der Waals surface area (Å²) in [6.07, 6.45) is 0. The van der Waals surface area contributed by atoms with E-state index in [1.807, 2.05) is 62.4 Å². The molecule has 0 radical (unpaired) electrons. The maximum absolute atomic E-state index is 15.1. The van der Waals surface area contributed by atoms with E-state index in [1.165, 1.54) is 0 Å². The van der Waals surface area contributed by atoms with Gasteiger partial charge in [-0.05, 0) is 19.9 Å². The van der Waals surface area contributed by atoms with Gasteiger partial charge in [0.15, 0.2) is 5.82 Å². The SMILES string of the molecule is Cc1ccc(-c2nc(-c3cc(C)[nH]n3)c3ccccc3c2F)cc1. The lowest BCUT2D eigenvalue weighted by atomic mass is 10.0. The molecule has 4 aromatic rings. The summed E-state index contributed by atoms with van der Waals surface area (Å²) in [6, 6.07) is 17.0. The lowest BCUT2D eigenvalue weighted by Crippen LogP contribution is -1.96. The Hall–Kier alpha value is -3.01. The molecule has 2 heterocycles. The van der Waals surface area contributed by atoms with Gasteiger partial charge in [0.1, 0.15) is 11.4 Å². The Morgan fingerprint density at radius 3 is 2.25 bits per heavy atom. The number of rotatable bonds is 2. The third kappa shape index (κ3) is 2.36. The molecule has 4 rings (SSSR count). The summed E-state index contributed by atoms with van der Waals surface area (Å²) in [5.41, 5.74) is 4.59. The smallest absolute Gasteiger partial charge is 0.157 e. The van der Waals surface area contributed by atoms with Crippen molar-refractivity contribution in [3.8, 4) is 22.6 Å². The van der Waals surface area contributed by atoms with Crippen molar-refractivity contribution in [2.75, 3.05) is 0 Å². The standard InChI is InChI=1S/C20H16FN3/c1-12-7-9-14(10-8-12)19-18(21)15-5-3-4-6-16(15)20(22-19)17-11-13(2)23-24-17/h3-11H,1-2H3,(H,23,24). The van der Waals surface area contributed by atoms with Gasteiger partial charge in [-0.3, -0.25) is 5.10 Å². The fourth-order valence-electron chi connectivity index (χ4n) is 2.87. The van der Waals surface area contributed by atoms with Crippen LogP contribution in [0.1, 0.15) is 11.3 Å². The van der Waals surface area contributed by atoms with Crippen LogP contribution in [-0.2, 0) is 0 Å². The van der Waals surface area contributed by atoms with Crippen LogP contribution in [0.5, 0.6) is 0 Å². The molecule has 0 spiro atoms. The van der Waals surface area contributed by atoms with E-state index in [1.54, 1.807) is 6.07 Å². The largest absolute Gasteiger partial charge is 0.282 e. The maximum Gasteiger partial charge on any atom is 0.157 e. The molecular weight excluding hydrogens is 301 g/mol. The van der Waals surface area contributed by atoms with Crippen LogP contribution in [0.4, 0.5) is 4.39 Å². The highest BCUT2D eigenvalue weighted by molar-refractivity contribution is 5.96. The van der Waals surface area contributed by atoms with Gasteiger partial charge >= 0.3 is 0 Å². The minimum absolute atomic E-state index is 0.300. The lowest BCUT2D eigenvalue weighted by molar-refractivity contribution is 0.638. The molecule has 0 aliphatic rings. The van der Waals surface area contributed by atoms with E-state index in [0.717, 1.165) is 27.9 Å². The topological polar surface area (TPSA) is 41.6 Å². The van der Waals surface area contributed by atoms with E-state index >= 15 is 4.39 Å². The predicted molar refractivity (Wildman–Crippen MR) is 94.2 cm³/mol. The monoisotopic (exact) mass is 317 g/mol.